The van der Waals surface area contributed by atoms with Gasteiger partial charge in [-0.15, -0.1) is 0 Å². The molecular weight excluding hydrogens is 709 g/mol. The summed E-state index contributed by atoms with van der Waals surface area (Å²) in [6.45, 7) is 5.41. The average molecular weight is 800 g/mol. The molecule has 0 saturated heterocycles. The topological polar surface area (TPSA) is 94.1 Å². The van der Waals surface area contributed by atoms with Crippen LogP contribution in [-0.4, -0.2) is 70.7 Å². The zero-order valence-corrected chi connectivity index (χ0v) is 37.8. The molecule has 0 aromatic rings. The fourth-order valence-corrected chi connectivity index (χ4v) is 7.09. The van der Waals surface area contributed by atoms with Crippen molar-refractivity contribution in [3.8, 4) is 0 Å². The van der Waals surface area contributed by atoms with Crippen molar-refractivity contribution in [2.45, 2.75) is 213 Å². The first-order chi connectivity index (χ1) is 26.6. The lowest BCUT2D eigenvalue weighted by Crippen LogP contribution is -2.37. The minimum Gasteiger partial charge on any atom is -0.756 e. The number of ether oxygens (including phenoxy) is 2. The molecule has 2 atom stereocenters. The van der Waals surface area contributed by atoms with Crippen LogP contribution in [0.25, 0.3) is 0 Å². The Morgan fingerprint density at radius 2 is 0.945 bits per heavy atom. The van der Waals surface area contributed by atoms with E-state index in [2.05, 4.69) is 38.2 Å². The van der Waals surface area contributed by atoms with Gasteiger partial charge >= 0.3 is 5.97 Å². The Kier molecular flexibility index (Phi) is 39.1. The summed E-state index contributed by atoms with van der Waals surface area (Å²) in [5.41, 5.74) is 0. The number of likely N-dealkylation sites (N-methyl/N-ethyl adjacent to an activating group) is 1. The number of carbonyl (C=O) groups is 1. The average Bonchev–Trinajstić information content (AvgIpc) is 3.13. The number of esters is 1. The highest BCUT2D eigenvalue weighted by Crippen LogP contribution is 2.38. The molecule has 0 saturated carbocycles. The first-order valence-electron chi connectivity index (χ1n) is 23.1. The van der Waals surface area contributed by atoms with Crippen LogP contribution < -0.4 is 4.89 Å². The highest BCUT2D eigenvalue weighted by atomic mass is 31.2. The third-order valence-electron chi connectivity index (χ3n) is 9.98. The number of hydrogen-bond acceptors (Lipinski definition) is 7. The van der Waals surface area contributed by atoms with Crippen molar-refractivity contribution in [2.24, 2.45) is 0 Å². The summed E-state index contributed by atoms with van der Waals surface area (Å²) in [7, 11) is 1.35. The maximum atomic E-state index is 12.7. The highest BCUT2D eigenvalue weighted by Gasteiger charge is 2.20. The molecule has 0 amide bonds. The van der Waals surface area contributed by atoms with Gasteiger partial charge in [-0.1, -0.05) is 160 Å². The molecule has 8 nitrogen and oxygen atoms in total. The van der Waals surface area contributed by atoms with E-state index < -0.39 is 13.9 Å². The number of phosphoric ester groups is 1. The molecule has 0 aliphatic carbocycles. The largest absolute Gasteiger partial charge is 0.756 e. The van der Waals surface area contributed by atoms with Gasteiger partial charge in [0.05, 0.1) is 34.4 Å². The Morgan fingerprint density at radius 1 is 0.545 bits per heavy atom. The number of phosphoric acid groups is 1. The molecule has 326 valence electrons. The van der Waals surface area contributed by atoms with E-state index in [0.29, 0.717) is 24.1 Å². The van der Waals surface area contributed by atoms with Gasteiger partial charge in [0.15, 0.2) is 0 Å². The maximum Gasteiger partial charge on any atom is 0.306 e. The third kappa shape index (κ3) is 43.9. The van der Waals surface area contributed by atoms with E-state index in [1.807, 2.05) is 21.1 Å². The molecule has 0 aromatic heterocycles. The van der Waals surface area contributed by atoms with Crippen molar-refractivity contribution >= 4 is 13.8 Å². The summed E-state index contributed by atoms with van der Waals surface area (Å²) >= 11 is 0. The normalized spacial score (nSPS) is 13.9. The lowest BCUT2D eigenvalue weighted by molar-refractivity contribution is -0.870. The van der Waals surface area contributed by atoms with E-state index in [1.165, 1.54) is 154 Å². The van der Waals surface area contributed by atoms with Crippen LogP contribution in [0.4, 0.5) is 0 Å². The zero-order valence-electron chi connectivity index (χ0n) is 36.9. The van der Waals surface area contributed by atoms with Gasteiger partial charge in [0.2, 0.25) is 0 Å². The third-order valence-corrected chi connectivity index (χ3v) is 10.9. The first-order valence-corrected chi connectivity index (χ1v) is 24.5. The Labute approximate surface area is 341 Å². The van der Waals surface area contributed by atoms with E-state index in [4.69, 9.17) is 18.5 Å². The molecule has 2 unspecified atom stereocenters. The fraction of sp³-hybridized carbons (Fsp3) is 0.891. The lowest BCUT2D eigenvalue weighted by atomic mass is 10.1. The molecule has 0 aliphatic rings. The van der Waals surface area contributed by atoms with Crippen molar-refractivity contribution in [1.29, 1.82) is 0 Å². The summed E-state index contributed by atoms with van der Waals surface area (Å²) in [6.07, 6.45) is 44.7. The van der Waals surface area contributed by atoms with Crippen molar-refractivity contribution in [3.05, 3.63) is 24.3 Å². The number of allylic oxidation sites excluding steroid dienone is 4. The Morgan fingerprint density at radius 3 is 1.38 bits per heavy atom. The summed E-state index contributed by atoms with van der Waals surface area (Å²) in [4.78, 5) is 25.1. The van der Waals surface area contributed by atoms with Crippen LogP contribution in [0.5, 0.6) is 0 Å². The second kappa shape index (κ2) is 39.8. The molecule has 0 spiro atoms. The quantitative estimate of drug-likeness (QED) is 0.0199. The number of carbonyl (C=O) groups excluding carboxylic acids is 1. The first kappa shape index (κ1) is 54.0. The van der Waals surface area contributed by atoms with Gasteiger partial charge in [0, 0.05) is 13.0 Å². The molecule has 0 bridgehead atoms. The van der Waals surface area contributed by atoms with Gasteiger partial charge in [-0.25, -0.2) is 0 Å². The van der Waals surface area contributed by atoms with Crippen LogP contribution in [0.1, 0.15) is 206 Å². The van der Waals surface area contributed by atoms with Crippen LogP contribution in [0, 0.1) is 0 Å². The molecule has 0 radical (unpaired) electrons. The number of quaternary nitrogens is 1. The van der Waals surface area contributed by atoms with E-state index in [9.17, 15) is 14.3 Å². The monoisotopic (exact) mass is 800 g/mol. The number of rotatable bonds is 43. The lowest BCUT2D eigenvalue weighted by Gasteiger charge is -2.28. The molecule has 0 aromatic carbocycles. The summed E-state index contributed by atoms with van der Waals surface area (Å²) in [5.74, 6) is -0.339. The predicted molar refractivity (Wildman–Crippen MR) is 231 cm³/mol. The van der Waals surface area contributed by atoms with Crippen LogP contribution in [0.3, 0.4) is 0 Å². The summed E-state index contributed by atoms with van der Waals surface area (Å²) in [6, 6.07) is 0. The smallest absolute Gasteiger partial charge is 0.306 e. The van der Waals surface area contributed by atoms with Gasteiger partial charge in [0.25, 0.3) is 7.82 Å². The van der Waals surface area contributed by atoms with Gasteiger partial charge in [-0.2, -0.15) is 0 Å². The molecule has 0 rings (SSSR count). The second-order valence-electron chi connectivity index (χ2n) is 16.8. The standard InChI is InChI=1S/C46H90NO7P/c1-6-8-10-12-14-16-18-20-22-24-25-27-29-31-33-35-37-39-46(48)54-45(44-53-55(49,50)52-42-40-47(3,4)5)43-51-41-38-36-34-32-30-28-26-23-21-19-17-15-13-11-9-7-2/h20-23,45H,6-19,24-44H2,1-5H3/b22-20-,23-21-. The number of nitrogens with zero attached hydrogens (tertiary/aromatic N) is 1. The molecule has 0 heterocycles. The molecule has 0 aliphatic heterocycles. The van der Waals surface area contributed by atoms with Gasteiger partial charge in [0.1, 0.15) is 19.3 Å². The Balaban J connectivity index is 4.21. The molecule has 9 heteroatoms. The minimum absolute atomic E-state index is 0.0253. The highest BCUT2D eigenvalue weighted by molar-refractivity contribution is 7.45. The predicted octanol–water partition coefficient (Wildman–Crippen LogP) is 13.0. The fourth-order valence-electron chi connectivity index (χ4n) is 6.36. The van der Waals surface area contributed by atoms with E-state index in [1.54, 1.807) is 0 Å². The van der Waals surface area contributed by atoms with Crippen molar-refractivity contribution in [2.75, 3.05) is 54.1 Å². The van der Waals surface area contributed by atoms with Crippen molar-refractivity contribution in [1.82, 2.24) is 0 Å². The van der Waals surface area contributed by atoms with Crippen LogP contribution in [-0.2, 0) is 27.9 Å². The number of unbranched alkanes of at least 4 members (excludes halogenated alkanes) is 25. The van der Waals surface area contributed by atoms with E-state index in [0.717, 1.165) is 32.1 Å². The SMILES string of the molecule is CCCCCCCC/C=C\CCCCCCCCCC(=O)OC(COCCCCCCCC/C=C\CCCCCCCC)COP(=O)([O-])OCC[N+](C)(C)C. The van der Waals surface area contributed by atoms with Crippen LogP contribution in [0.15, 0.2) is 24.3 Å². The van der Waals surface area contributed by atoms with Crippen molar-refractivity contribution < 1.29 is 37.3 Å². The summed E-state index contributed by atoms with van der Waals surface area (Å²) < 4.78 is 34.6. The zero-order chi connectivity index (χ0) is 40.6. The van der Waals surface area contributed by atoms with Crippen molar-refractivity contribution in [3.63, 3.8) is 0 Å². The minimum atomic E-state index is -4.52. The van der Waals surface area contributed by atoms with Gasteiger partial charge in [-0.05, 0) is 64.2 Å². The Hall–Kier alpha value is -1.02. The molecule has 55 heavy (non-hydrogen) atoms. The van der Waals surface area contributed by atoms with Crippen LogP contribution in [0.2, 0.25) is 0 Å². The second-order valence-corrected chi connectivity index (χ2v) is 18.2. The maximum absolute atomic E-state index is 12.7. The molecule has 0 N–H and O–H groups in total. The number of hydrogen-bond donors (Lipinski definition) is 0. The van der Waals surface area contributed by atoms with E-state index >= 15 is 0 Å². The summed E-state index contributed by atoms with van der Waals surface area (Å²) in [5, 5.41) is 0. The Bertz CT molecular complexity index is 936. The van der Waals surface area contributed by atoms with Gasteiger partial charge in [-0.3, -0.25) is 9.36 Å². The molecule has 0 fully saturated rings. The van der Waals surface area contributed by atoms with Crippen LogP contribution >= 0.6 is 7.82 Å². The molecular formula is C46H90NO7P. The van der Waals surface area contributed by atoms with E-state index in [-0.39, 0.29) is 25.8 Å². The van der Waals surface area contributed by atoms with Gasteiger partial charge < -0.3 is 27.9 Å².